The maximum absolute atomic E-state index is 13.2. The molecule has 0 fully saturated rings. The molecule has 1 unspecified atom stereocenters. The van der Waals surface area contributed by atoms with Crippen molar-refractivity contribution in [2.24, 2.45) is 5.73 Å². The molecule has 8 heteroatoms. The van der Waals surface area contributed by atoms with Gasteiger partial charge in [0.15, 0.2) is 0 Å². The number of amides is 1. The van der Waals surface area contributed by atoms with E-state index >= 15 is 0 Å². The smallest absolute Gasteiger partial charge is 0.222 e. The molecule has 23 heavy (non-hydrogen) atoms. The maximum Gasteiger partial charge on any atom is 0.222 e. The van der Waals surface area contributed by atoms with Crippen LogP contribution in [0.1, 0.15) is 24.2 Å². The zero-order chi connectivity index (χ0) is 16.3. The van der Waals surface area contributed by atoms with Crippen LogP contribution < -0.4 is 11.1 Å². The minimum Gasteiger partial charge on any atom is -0.324 e. The van der Waals surface area contributed by atoms with E-state index in [1.54, 1.807) is 12.1 Å². The van der Waals surface area contributed by atoms with Crippen LogP contribution in [-0.2, 0) is 11.2 Å². The molecule has 0 aliphatic rings. The largest absolute Gasteiger partial charge is 0.324 e. The van der Waals surface area contributed by atoms with Gasteiger partial charge in [-0.2, -0.15) is 0 Å². The van der Waals surface area contributed by atoms with Crippen molar-refractivity contribution in [1.29, 1.82) is 0 Å². The fourth-order valence-corrected chi connectivity index (χ4v) is 2.38. The van der Waals surface area contributed by atoms with Crippen molar-refractivity contribution in [2.75, 3.05) is 5.32 Å². The van der Waals surface area contributed by atoms with Gasteiger partial charge in [0, 0.05) is 29.9 Å². The predicted octanol–water partition coefficient (Wildman–Crippen LogP) is 3.75. The average Bonchev–Trinajstić information content (AvgIpc) is 2.40. The Morgan fingerprint density at radius 1 is 1.30 bits per heavy atom. The average molecular weight is 407 g/mol. The second-order valence-corrected chi connectivity index (χ2v) is 5.67. The van der Waals surface area contributed by atoms with E-state index in [9.17, 15) is 13.6 Å². The molecule has 0 radical (unpaired) electrons. The number of pyridine rings is 1. The number of halogens is 4. The lowest BCUT2D eigenvalue weighted by Gasteiger charge is -2.14. The van der Waals surface area contributed by atoms with Crippen molar-refractivity contribution in [1.82, 2.24) is 4.98 Å². The molecule has 4 nitrogen and oxygen atoms in total. The summed E-state index contributed by atoms with van der Waals surface area (Å²) in [6.07, 6.45) is 0.261. The summed E-state index contributed by atoms with van der Waals surface area (Å²) in [6, 6.07) is 5.93. The van der Waals surface area contributed by atoms with Crippen molar-refractivity contribution in [2.45, 2.75) is 19.4 Å². The van der Waals surface area contributed by atoms with Crippen molar-refractivity contribution in [3.8, 4) is 0 Å². The molecular weight excluding hydrogens is 392 g/mol. The number of nitrogens with zero attached hydrogens (tertiary/aromatic N) is 1. The highest BCUT2D eigenvalue weighted by Gasteiger charge is 2.14. The van der Waals surface area contributed by atoms with E-state index in [0.29, 0.717) is 21.5 Å². The van der Waals surface area contributed by atoms with Crippen LogP contribution in [0.25, 0.3) is 0 Å². The van der Waals surface area contributed by atoms with Gasteiger partial charge >= 0.3 is 0 Å². The Kier molecular flexibility index (Phi) is 7.05. The first-order valence-corrected chi connectivity index (χ1v) is 7.29. The fourth-order valence-electron chi connectivity index (χ4n) is 1.99. The highest BCUT2D eigenvalue weighted by atomic mass is 79.9. The lowest BCUT2D eigenvalue weighted by Crippen LogP contribution is -2.16. The lowest BCUT2D eigenvalue weighted by molar-refractivity contribution is -0.114. The number of rotatable bonds is 4. The van der Waals surface area contributed by atoms with Gasteiger partial charge < -0.3 is 11.1 Å². The van der Waals surface area contributed by atoms with Crippen LogP contribution >= 0.6 is 28.3 Å². The normalized spacial score (nSPS) is 11.5. The van der Waals surface area contributed by atoms with Crippen molar-refractivity contribution >= 4 is 40.1 Å². The third kappa shape index (κ3) is 5.53. The molecule has 1 aromatic heterocycles. The van der Waals surface area contributed by atoms with Gasteiger partial charge in [0.2, 0.25) is 5.91 Å². The number of anilines is 1. The number of carbonyl (C=O) groups is 1. The first kappa shape index (κ1) is 19.5. The minimum atomic E-state index is -0.676. The van der Waals surface area contributed by atoms with Gasteiger partial charge in [-0.25, -0.2) is 13.8 Å². The van der Waals surface area contributed by atoms with Crippen LogP contribution in [0.3, 0.4) is 0 Å². The molecule has 0 aliphatic heterocycles. The molecule has 2 aromatic rings. The summed E-state index contributed by atoms with van der Waals surface area (Å²) < 4.78 is 27.2. The SMILES string of the molecule is CC(=O)Nc1ccc(Br)c(CC(N)c2cc(F)cc(F)c2)n1.Cl. The Morgan fingerprint density at radius 2 is 1.91 bits per heavy atom. The number of nitrogens with two attached hydrogens (primary N) is 1. The Labute approximate surface area is 147 Å². The Hall–Kier alpha value is -1.57. The topological polar surface area (TPSA) is 68.0 Å². The van der Waals surface area contributed by atoms with Gasteiger partial charge in [-0.05, 0) is 45.8 Å². The van der Waals surface area contributed by atoms with Gasteiger partial charge in [0.05, 0.1) is 5.69 Å². The molecule has 1 atom stereocenters. The molecule has 0 bridgehead atoms. The number of aromatic nitrogens is 1. The van der Waals surface area contributed by atoms with Crippen molar-refractivity contribution in [3.05, 3.63) is 57.7 Å². The molecule has 1 aromatic carbocycles. The fraction of sp³-hybridized carbons (Fsp3) is 0.200. The number of hydrogen-bond donors (Lipinski definition) is 2. The van der Waals surface area contributed by atoms with E-state index in [1.807, 2.05) is 0 Å². The summed E-state index contributed by atoms with van der Waals surface area (Å²) in [4.78, 5) is 15.3. The highest BCUT2D eigenvalue weighted by molar-refractivity contribution is 9.10. The van der Waals surface area contributed by atoms with Crippen molar-refractivity contribution < 1.29 is 13.6 Å². The first-order valence-electron chi connectivity index (χ1n) is 6.49. The Morgan fingerprint density at radius 3 is 2.48 bits per heavy atom. The highest BCUT2D eigenvalue weighted by Crippen LogP contribution is 2.24. The molecule has 2 rings (SSSR count). The van der Waals surface area contributed by atoms with Crippen LogP contribution in [0.5, 0.6) is 0 Å². The summed E-state index contributed by atoms with van der Waals surface area (Å²) in [5.74, 6) is -1.20. The van der Waals surface area contributed by atoms with Gasteiger partial charge in [0.1, 0.15) is 17.5 Å². The summed E-state index contributed by atoms with van der Waals surface area (Å²) in [5.41, 5.74) is 6.93. The second-order valence-electron chi connectivity index (χ2n) is 4.82. The Balaban J connectivity index is 0.00000264. The maximum atomic E-state index is 13.2. The molecule has 124 valence electrons. The zero-order valence-electron chi connectivity index (χ0n) is 12.1. The van der Waals surface area contributed by atoms with Crippen LogP contribution in [0.4, 0.5) is 14.6 Å². The van der Waals surface area contributed by atoms with Gasteiger partial charge in [-0.15, -0.1) is 12.4 Å². The molecule has 0 saturated heterocycles. The predicted molar refractivity (Wildman–Crippen MR) is 90.5 cm³/mol. The monoisotopic (exact) mass is 405 g/mol. The van der Waals surface area contributed by atoms with E-state index in [4.69, 9.17) is 5.73 Å². The summed E-state index contributed by atoms with van der Waals surface area (Å²) >= 11 is 3.35. The van der Waals surface area contributed by atoms with E-state index < -0.39 is 17.7 Å². The second kappa shape index (κ2) is 8.33. The molecule has 1 amide bonds. The first-order chi connectivity index (χ1) is 10.3. The summed E-state index contributed by atoms with van der Waals surface area (Å²) in [6.45, 7) is 1.38. The lowest BCUT2D eigenvalue weighted by atomic mass is 10.0. The molecule has 0 saturated carbocycles. The van der Waals surface area contributed by atoms with E-state index in [1.165, 1.54) is 19.1 Å². The van der Waals surface area contributed by atoms with E-state index in [0.717, 1.165) is 6.07 Å². The van der Waals surface area contributed by atoms with Gasteiger partial charge in [0.25, 0.3) is 0 Å². The quantitative estimate of drug-likeness (QED) is 0.813. The third-order valence-corrected chi connectivity index (χ3v) is 3.67. The number of benzene rings is 1. The molecule has 0 aliphatic carbocycles. The van der Waals surface area contributed by atoms with E-state index in [-0.39, 0.29) is 24.7 Å². The zero-order valence-corrected chi connectivity index (χ0v) is 14.5. The standard InChI is InChI=1S/C15H14BrF2N3O.ClH/c1-8(22)20-15-3-2-12(16)14(21-15)7-13(19)9-4-10(17)6-11(18)5-9;/h2-6,13H,7,19H2,1H3,(H,20,21,22);1H. The third-order valence-electron chi connectivity index (χ3n) is 2.95. The summed E-state index contributed by atoms with van der Waals surface area (Å²) in [5, 5.41) is 2.57. The van der Waals surface area contributed by atoms with Crippen LogP contribution in [0, 0.1) is 11.6 Å². The van der Waals surface area contributed by atoms with Gasteiger partial charge in [-0.3, -0.25) is 4.79 Å². The minimum absolute atomic E-state index is 0. The Bertz CT molecular complexity index is 695. The number of nitrogens with one attached hydrogen (secondary N) is 1. The van der Waals surface area contributed by atoms with Gasteiger partial charge in [-0.1, -0.05) is 0 Å². The number of carbonyl (C=O) groups excluding carboxylic acids is 1. The molecule has 3 N–H and O–H groups in total. The van der Waals surface area contributed by atoms with Crippen molar-refractivity contribution in [3.63, 3.8) is 0 Å². The van der Waals surface area contributed by atoms with Crippen LogP contribution in [-0.4, -0.2) is 10.9 Å². The molecule has 0 spiro atoms. The van der Waals surface area contributed by atoms with Crippen LogP contribution in [0.15, 0.2) is 34.8 Å². The number of hydrogen-bond acceptors (Lipinski definition) is 3. The van der Waals surface area contributed by atoms with E-state index in [2.05, 4.69) is 26.2 Å². The summed E-state index contributed by atoms with van der Waals surface area (Å²) in [7, 11) is 0. The molecule has 1 heterocycles. The molecular formula is C15H15BrClF2N3O. The van der Waals surface area contributed by atoms with Crippen LogP contribution in [0.2, 0.25) is 0 Å².